The molecule has 2 heterocycles. The smallest absolute Gasteiger partial charge is 0.172 e. The molecule has 0 aliphatic carbocycles. The molecule has 0 saturated carbocycles. The monoisotopic (exact) mass is 319 g/mol. The maximum Gasteiger partial charge on any atom is 0.172 e. The molecule has 24 heavy (non-hydrogen) atoms. The number of carbonyl (C=O) groups is 1. The molecule has 2 aromatic carbocycles. The van der Waals surface area contributed by atoms with Crippen LogP contribution in [0.5, 0.6) is 5.75 Å². The van der Waals surface area contributed by atoms with Crippen LogP contribution in [0.4, 0.5) is 0 Å². The molecule has 4 rings (SSSR count). The molecular weight excluding hydrogens is 298 g/mol. The van der Waals surface area contributed by atoms with Crippen molar-refractivity contribution >= 4 is 5.78 Å². The van der Waals surface area contributed by atoms with E-state index in [1.165, 1.54) is 11.1 Å². The number of fused-ring (bicyclic) bond motifs is 2. The van der Waals surface area contributed by atoms with Gasteiger partial charge in [0, 0.05) is 18.5 Å². The van der Waals surface area contributed by atoms with Crippen molar-refractivity contribution in [1.82, 2.24) is 4.90 Å². The minimum absolute atomic E-state index is 0.0172. The van der Waals surface area contributed by atoms with E-state index in [-0.39, 0.29) is 17.9 Å². The molecule has 3 nitrogen and oxygen atoms in total. The van der Waals surface area contributed by atoms with Gasteiger partial charge in [0.15, 0.2) is 5.78 Å². The fourth-order valence-electron chi connectivity index (χ4n) is 4.00. The fourth-order valence-corrected chi connectivity index (χ4v) is 4.00. The third-order valence-corrected chi connectivity index (χ3v) is 5.19. The van der Waals surface area contributed by atoms with Crippen LogP contribution in [0.2, 0.25) is 0 Å². The van der Waals surface area contributed by atoms with Gasteiger partial charge in [-0.25, -0.2) is 0 Å². The first kappa shape index (κ1) is 15.2. The molecule has 2 aliphatic rings. The Morgan fingerprint density at radius 3 is 2.75 bits per heavy atom. The highest BCUT2D eigenvalue weighted by Crippen LogP contribution is 2.42. The number of ketones is 1. The van der Waals surface area contributed by atoms with E-state index in [0.29, 0.717) is 5.92 Å². The van der Waals surface area contributed by atoms with Gasteiger partial charge in [0.05, 0.1) is 13.2 Å². The summed E-state index contributed by atoms with van der Waals surface area (Å²) < 4.78 is 5.37. The summed E-state index contributed by atoms with van der Waals surface area (Å²) in [4.78, 5) is 14.7. The van der Waals surface area contributed by atoms with Crippen molar-refractivity contribution in [3.8, 4) is 5.75 Å². The molecule has 1 fully saturated rings. The molecule has 3 atom stereocenters. The van der Waals surface area contributed by atoms with E-state index in [1.54, 1.807) is 13.2 Å². The van der Waals surface area contributed by atoms with Crippen molar-refractivity contribution in [2.24, 2.45) is 0 Å². The summed E-state index contributed by atoms with van der Waals surface area (Å²) in [5.74, 6) is 1.43. The predicted octanol–water partition coefficient (Wildman–Crippen LogP) is 3.56. The third-order valence-electron chi connectivity index (χ3n) is 5.19. The Balaban J connectivity index is 1.65. The normalized spacial score (nSPS) is 25.9. The average molecular weight is 319 g/mol. The molecule has 0 unspecified atom stereocenters. The van der Waals surface area contributed by atoms with Gasteiger partial charge in [-0.05, 0) is 35.8 Å². The highest BCUT2D eigenvalue weighted by atomic mass is 16.5. The van der Waals surface area contributed by atoms with Crippen LogP contribution in [0.25, 0.3) is 0 Å². The van der Waals surface area contributed by atoms with Gasteiger partial charge < -0.3 is 4.74 Å². The Bertz CT molecular complexity index is 768. The summed E-state index contributed by atoms with van der Waals surface area (Å²) in [6.45, 7) is 0.812. The molecule has 0 N–H and O–H groups in total. The van der Waals surface area contributed by atoms with Crippen LogP contribution in [0, 0.1) is 0 Å². The second-order valence-corrected chi connectivity index (χ2v) is 6.54. The second-order valence-electron chi connectivity index (χ2n) is 6.54. The number of hydrogen-bond donors (Lipinski definition) is 0. The van der Waals surface area contributed by atoms with Gasteiger partial charge in [-0.3, -0.25) is 9.69 Å². The van der Waals surface area contributed by atoms with E-state index in [1.807, 2.05) is 18.2 Å². The van der Waals surface area contributed by atoms with E-state index in [2.05, 4.69) is 47.4 Å². The molecule has 2 aromatic rings. The Morgan fingerprint density at radius 2 is 1.96 bits per heavy atom. The van der Waals surface area contributed by atoms with Crippen LogP contribution in [0.15, 0.2) is 66.7 Å². The third kappa shape index (κ3) is 2.65. The summed E-state index contributed by atoms with van der Waals surface area (Å²) in [5.41, 5.74) is 2.50. The summed E-state index contributed by atoms with van der Waals surface area (Å²) in [7, 11) is 1.69. The predicted molar refractivity (Wildman–Crippen MR) is 94.1 cm³/mol. The molecule has 0 spiro atoms. The largest absolute Gasteiger partial charge is 0.497 e. The van der Waals surface area contributed by atoms with Crippen molar-refractivity contribution in [2.75, 3.05) is 7.11 Å². The van der Waals surface area contributed by atoms with Crippen molar-refractivity contribution in [2.45, 2.75) is 31.0 Å². The first-order valence-corrected chi connectivity index (χ1v) is 8.42. The van der Waals surface area contributed by atoms with Gasteiger partial charge >= 0.3 is 0 Å². The van der Waals surface area contributed by atoms with Crippen molar-refractivity contribution in [3.05, 3.63) is 77.9 Å². The first-order valence-electron chi connectivity index (χ1n) is 8.42. The molecule has 3 heteroatoms. The van der Waals surface area contributed by atoms with Crippen LogP contribution < -0.4 is 4.74 Å². The molecule has 0 amide bonds. The maximum atomic E-state index is 12.4. The highest BCUT2D eigenvalue weighted by molar-refractivity contribution is 5.96. The number of nitrogens with zero attached hydrogens (tertiary/aromatic N) is 1. The summed E-state index contributed by atoms with van der Waals surface area (Å²) in [6, 6.07) is 18.9. The summed E-state index contributed by atoms with van der Waals surface area (Å²) >= 11 is 0. The zero-order valence-corrected chi connectivity index (χ0v) is 13.8. The van der Waals surface area contributed by atoms with E-state index in [0.717, 1.165) is 18.7 Å². The highest BCUT2D eigenvalue weighted by Gasteiger charge is 2.45. The van der Waals surface area contributed by atoms with Gasteiger partial charge in [0.25, 0.3) is 0 Å². The lowest BCUT2D eigenvalue weighted by molar-refractivity contribution is -0.119. The number of carbonyl (C=O) groups excluding carboxylic acids is 1. The topological polar surface area (TPSA) is 29.5 Å². The molecule has 0 radical (unpaired) electrons. The van der Waals surface area contributed by atoms with E-state index in [4.69, 9.17) is 4.74 Å². The summed E-state index contributed by atoms with van der Waals surface area (Å²) in [5, 5.41) is 0. The lowest BCUT2D eigenvalue weighted by Crippen LogP contribution is -2.42. The lowest BCUT2D eigenvalue weighted by atomic mass is 9.91. The van der Waals surface area contributed by atoms with Gasteiger partial charge in [-0.2, -0.15) is 0 Å². The first-order chi connectivity index (χ1) is 11.8. The number of methoxy groups -OCH3 is 1. The number of hydrogen-bond acceptors (Lipinski definition) is 3. The van der Waals surface area contributed by atoms with Crippen LogP contribution in [-0.4, -0.2) is 29.9 Å². The SMILES string of the molecule is COc1cccc([C@@H]2C[C@H]3C(=O)C=C[C@@H]2N3Cc2ccccc2)c1. The Morgan fingerprint density at radius 1 is 1.12 bits per heavy atom. The Kier molecular flexibility index (Phi) is 3.95. The second kappa shape index (κ2) is 6.25. The van der Waals surface area contributed by atoms with Gasteiger partial charge in [-0.15, -0.1) is 0 Å². The van der Waals surface area contributed by atoms with Crippen molar-refractivity contribution in [3.63, 3.8) is 0 Å². The lowest BCUT2D eigenvalue weighted by Gasteiger charge is -2.31. The van der Waals surface area contributed by atoms with E-state index < -0.39 is 0 Å². The molecule has 2 aliphatic heterocycles. The molecule has 2 bridgehead atoms. The number of benzene rings is 2. The van der Waals surface area contributed by atoms with Crippen molar-refractivity contribution < 1.29 is 9.53 Å². The van der Waals surface area contributed by atoms with Crippen LogP contribution in [-0.2, 0) is 11.3 Å². The quantitative estimate of drug-likeness (QED) is 0.863. The minimum atomic E-state index is -0.0172. The average Bonchev–Trinajstić information content (AvgIpc) is 2.89. The van der Waals surface area contributed by atoms with Gasteiger partial charge in [0.1, 0.15) is 5.75 Å². The van der Waals surface area contributed by atoms with E-state index in [9.17, 15) is 4.79 Å². The van der Waals surface area contributed by atoms with Crippen LogP contribution in [0.1, 0.15) is 23.5 Å². The Hall–Kier alpha value is -2.39. The Labute approximate surface area is 142 Å². The van der Waals surface area contributed by atoms with Gasteiger partial charge in [0.2, 0.25) is 0 Å². The number of ether oxygens (including phenoxy) is 1. The standard InChI is InChI=1S/C21H21NO2/c1-24-17-9-5-8-16(12-17)18-13-20-21(23)11-10-19(18)22(20)14-15-6-3-2-4-7-15/h2-12,18-20H,13-14H2,1H3/t18-,19-,20-/m0/s1. The van der Waals surface area contributed by atoms with Crippen LogP contribution in [0.3, 0.4) is 0 Å². The molecule has 1 saturated heterocycles. The van der Waals surface area contributed by atoms with E-state index >= 15 is 0 Å². The minimum Gasteiger partial charge on any atom is -0.497 e. The van der Waals surface area contributed by atoms with Crippen molar-refractivity contribution in [1.29, 1.82) is 0 Å². The van der Waals surface area contributed by atoms with Gasteiger partial charge in [-0.1, -0.05) is 48.5 Å². The molecule has 0 aromatic heterocycles. The fraction of sp³-hybridized carbons (Fsp3) is 0.286. The maximum absolute atomic E-state index is 12.4. The molecule has 122 valence electrons. The zero-order valence-electron chi connectivity index (χ0n) is 13.8. The summed E-state index contributed by atoms with van der Waals surface area (Å²) in [6.07, 6.45) is 4.73. The number of rotatable bonds is 4. The molecular formula is C21H21NO2. The zero-order chi connectivity index (χ0) is 16.5. The van der Waals surface area contributed by atoms with Crippen LogP contribution >= 0.6 is 0 Å².